The molecule has 4 heteroatoms. The maximum absolute atomic E-state index is 13.0. The quantitative estimate of drug-likeness (QED) is 0.937. The number of piperazine rings is 1. The Morgan fingerprint density at radius 2 is 1.76 bits per heavy atom. The number of anilines is 1. The first-order valence-corrected chi connectivity index (χ1v) is 9.15. The third-order valence-electron chi connectivity index (χ3n) is 5.24. The number of nitrogens with zero attached hydrogens (tertiary/aromatic N) is 2. The minimum Gasteiger partial charge on any atom is -0.314 e. The highest BCUT2D eigenvalue weighted by molar-refractivity contribution is 5.96. The smallest absolute Gasteiger partial charge is 0.242 e. The summed E-state index contributed by atoms with van der Waals surface area (Å²) in [6.07, 6.45) is 1.49. The van der Waals surface area contributed by atoms with E-state index in [2.05, 4.69) is 59.7 Å². The summed E-state index contributed by atoms with van der Waals surface area (Å²) >= 11 is 0. The standard InChI is InChI=1S/C21H25N3O/c1-16-6-8-17(9-7-16)14-18-15-21(25)24(23-12-10-22-11-13-23)20-5-3-2-4-19(18)20/h2-9,18,22H,10-15H2,1H3. The van der Waals surface area contributed by atoms with E-state index in [1.54, 1.807) is 0 Å². The van der Waals surface area contributed by atoms with Crippen molar-refractivity contribution in [1.29, 1.82) is 0 Å². The van der Waals surface area contributed by atoms with E-state index in [0.717, 1.165) is 38.3 Å². The highest BCUT2D eigenvalue weighted by Gasteiger charge is 2.34. The Morgan fingerprint density at radius 1 is 1.04 bits per heavy atom. The fourth-order valence-electron chi connectivity index (χ4n) is 3.92. The molecule has 1 N–H and O–H groups in total. The second-order valence-electron chi connectivity index (χ2n) is 7.06. The minimum absolute atomic E-state index is 0.220. The molecule has 0 saturated carbocycles. The molecule has 2 aromatic rings. The molecule has 1 fully saturated rings. The van der Waals surface area contributed by atoms with Crippen molar-refractivity contribution in [2.45, 2.75) is 25.7 Å². The van der Waals surface area contributed by atoms with Crippen LogP contribution < -0.4 is 10.3 Å². The molecule has 0 bridgehead atoms. The van der Waals surface area contributed by atoms with Crippen molar-refractivity contribution in [3.05, 3.63) is 65.2 Å². The first-order chi connectivity index (χ1) is 12.2. The van der Waals surface area contributed by atoms with E-state index in [1.807, 2.05) is 11.1 Å². The minimum atomic E-state index is 0.220. The molecule has 2 heterocycles. The van der Waals surface area contributed by atoms with Crippen molar-refractivity contribution in [3.63, 3.8) is 0 Å². The summed E-state index contributed by atoms with van der Waals surface area (Å²) < 4.78 is 0. The van der Waals surface area contributed by atoms with Gasteiger partial charge in [0.2, 0.25) is 5.91 Å². The summed E-state index contributed by atoms with van der Waals surface area (Å²) in [6.45, 7) is 5.72. The van der Waals surface area contributed by atoms with Crippen LogP contribution in [0.3, 0.4) is 0 Å². The number of hydrogen-bond donors (Lipinski definition) is 1. The predicted octanol–water partition coefficient (Wildman–Crippen LogP) is 2.88. The number of para-hydroxylation sites is 1. The van der Waals surface area contributed by atoms with Gasteiger partial charge in [0.25, 0.3) is 0 Å². The molecule has 4 nitrogen and oxygen atoms in total. The molecule has 2 aliphatic rings. The van der Waals surface area contributed by atoms with Gasteiger partial charge in [0.1, 0.15) is 0 Å². The van der Waals surface area contributed by atoms with Crippen LogP contribution in [0.4, 0.5) is 5.69 Å². The summed E-state index contributed by atoms with van der Waals surface area (Å²) in [6, 6.07) is 17.1. The Balaban J connectivity index is 1.64. The van der Waals surface area contributed by atoms with Crippen molar-refractivity contribution in [2.24, 2.45) is 0 Å². The predicted molar refractivity (Wildman–Crippen MR) is 101 cm³/mol. The first-order valence-electron chi connectivity index (χ1n) is 9.15. The van der Waals surface area contributed by atoms with Crippen LogP contribution in [-0.4, -0.2) is 37.1 Å². The van der Waals surface area contributed by atoms with Crippen LogP contribution in [0.5, 0.6) is 0 Å². The largest absolute Gasteiger partial charge is 0.314 e. The number of nitrogens with one attached hydrogen (secondary N) is 1. The van der Waals surface area contributed by atoms with Crippen molar-refractivity contribution < 1.29 is 4.79 Å². The van der Waals surface area contributed by atoms with Crippen LogP contribution in [-0.2, 0) is 11.2 Å². The Kier molecular flexibility index (Phi) is 4.55. The van der Waals surface area contributed by atoms with Crippen LogP contribution in [0.25, 0.3) is 0 Å². The molecular formula is C21H25N3O. The molecule has 0 aromatic heterocycles. The molecule has 1 amide bonds. The monoisotopic (exact) mass is 335 g/mol. The summed E-state index contributed by atoms with van der Waals surface area (Å²) in [5.74, 6) is 0.475. The number of hydrazine groups is 1. The van der Waals surface area contributed by atoms with Gasteiger partial charge in [0.05, 0.1) is 5.69 Å². The Labute approximate surface area is 149 Å². The van der Waals surface area contributed by atoms with E-state index in [-0.39, 0.29) is 11.8 Å². The van der Waals surface area contributed by atoms with Crippen molar-refractivity contribution in [3.8, 4) is 0 Å². The summed E-state index contributed by atoms with van der Waals surface area (Å²) in [4.78, 5) is 13.0. The number of fused-ring (bicyclic) bond motifs is 1. The van der Waals surface area contributed by atoms with Gasteiger partial charge in [0, 0.05) is 32.6 Å². The van der Waals surface area contributed by atoms with Gasteiger partial charge in [-0.25, -0.2) is 10.0 Å². The van der Waals surface area contributed by atoms with Crippen LogP contribution >= 0.6 is 0 Å². The van der Waals surface area contributed by atoms with Gasteiger partial charge in [-0.1, -0.05) is 48.0 Å². The number of hydrogen-bond acceptors (Lipinski definition) is 3. The summed E-state index contributed by atoms with van der Waals surface area (Å²) in [7, 11) is 0. The van der Waals surface area contributed by atoms with Crippen LogP contribution in [0.15, 0.2) is 48.5 Å². The zero-order chi connectivity index (χ0) is 17.2. The first kappa shape index (κ1) is 16.3. The normalized spacial score (nSPS) is 21.2. The van der Waals surface area contributed by atoms with Crippen LogP contribution in [0, 0.1) is 6.92 Å². The maximum atomic E-state index is 13.0. The highest BCUT2D eigenvalue weighted by atomic mass is 16.2. The lowest BCUT2D eigenvalue weighted by Gasteiger charge is -2.42. The average Bonchev–Trinajstić information content (AvgIpc) is 2.64. The number of carbonyl (C=O) groups excluding carboxylic acids is 1. The van der Waals surface area contributed by atoms with Crippen molar-refractivity contribution in [1.82, 2.24) is 10.3 Å². The third kappa shape index (κ3) is 3.32. The molecule has 4 rings (SSSR count). The average molecular weight is 335 g/mol. The molecule has 0 radical (unpaired) electrons. The van der Waals surface area contributed by atoms with Gasteiger partial charge in [-0.3, -0.25) is 4.79 Å². The lowest BCUT2D eigenvalue weighted by Crippen LogP contribution is -2.56. The number of benzene rings is 2. The van der Waals surface area contributed by atoms with Gasteiger partial charge in [-0.15, -0.1) is 0 Å². The van der Waals surface area contributed by atoms with E-state index >= 15 is 0 Å². The van der Waals surface area contributed by atoms with E-state index < -0.39 is 0 Å². The summed E-state index contributed by atoms with van der Waals surface area (Å²) in [5.41, 5.74) is 4.93. The van der Waals surface area contributed by atoms with Crippen LogP contribution in [0.2, 0.25) is 0 Å². The van der Waals surface area contributed by atoms with Gasteiger partial charge < -0.3 is 5.32 Å². The van der Waals surface area contributed by atoms with Gasteiger partial charge in [-0.05, 0) is 36.5 Å². The lowest BCUT2D eigenvalue weighted by molar-refractivity contribution is -0.122. The second-order valence-corrected chi connectivity index (χ2v) is 7.06. The number of aryl methyl sites for hydroxylation is 1. The fraction of sp³-hybridized carbons (Fsp3) is 0.381. The van der Waals surface area contributed by atoms with Crippen molar-refractivity contribution in [2.75, 3.05) is 31.2 Å². The van der Waals surface area contributed by atoms with E-state index in [0.29, 0.717) is 6.42 Å². The molecule has 25 heavy (non-hydrogen) atoms. The van der Waals surface area contributed by atoms with Gasteiger partial charge in [0.15, 0.2) is 0 Å². The zero-order valence-electron chi connectivity index (χ0n) is 14.7. The van der Waals surface area contributed by atoms with Crippen molar-refractivity contribution >= 4 is 11.6 Å². The molecule has 1 unspecified atom stereocenters. The highest BCUT2D eigenvalue weighted by Crippen LogP contribution is 2.38. The topological polar surface area (TPSA) is 35.6 Å². The molecule has 1 saturated heterocycles. The Hall–Kier alpha value is -2.17. The molecule has 2 aliphatic heterocycles. The summed E-state index contributed by atoms with van der Waals surface area (Å²) in [5, 5.41) is 7.49. The molecule has 0 aliphatic carbocycles. The number of amides is 1. The lowest BCUT2D eigenvalue weighted by atomic mass is 9.85. The second kappa shape index (κ2) is 6.98. The van der Waals surface area contributed by atoms with Gasteiger partial charge >= 0.3 is 0 Å². The fourth-order valence-corrected chi connectivity index (χ4v) is 3.92. The number of carbonyl (C=O) groups is 1. The Morgan fingerprint density at radius 3 is 2.52 bits per heavy atom. The molecule has 2 aromatic carbocycles. The van der Waals surface area contributed by atoms with E-state index in [4.69, 9.17) is 0 Å². The van der Waals surface area contributed by atoms with Gasteiger partial charge in [-0.2, -0.15) is 0 Å². The SMILES string of the molecule is Cc1ccc(CC2CC(=O)N(N3CCNCC3)c3ccccc32)cc1. The Bertz CT molecular complexity index is 750. The van der Waals surface area contributed by atoms with Crippen LogP contribution in [0.1, 0.15) is 29.0 Å². The third-order valence-corrected chi connectivity index (χ3v) is 5.24. The van der Waals surface area contributed by atoms with E-state index in [1.165, 1.54) is 16.7 Å². The molecule has 130 valence electrons. The number of rotatable bonds is 3. The maximum Gasteiger partial charge on any atom is 0.242 e. The molecule has 0 spiro atoms. The zero-order valence-corrected chi connectivity index (χ0v) is 14.7. The van der Waals surface area contributed by atoms with E-state index in [9.17, 15) is 4.79 Å². The molecular weight excluding hydrogens is 310 g/mol. The molecule has 1 atom stereocenters.